The third-order valence-electron chi connectivity index (χ3n) is 7.05. The standard InChI is InChI=1S/C26H34ClFN4O2S/c1-15-21(11-18(27)14-29-15)30-16(2)23-8-9-24(35-23)26(34)32-22(10-17-6-4-3-5-7-17)25(33)31-20-12-19(28)13-20/h8-9,11,14,16-17,19-20,22,30H,3-7,10,12-13H2,1-2H3,(H,31,33)(H,32,34)/t16-,19-,20-,22-/m0/s1. The zero-order valence-corrected chi connectivity index (χ0v) is 21.9. The molecule has 0 radical (unpaired) electrons. The lowest BCUT2D eigenvalue weighted by Crippen LogP contribution is -2.53. The summed E-state index contributed by atoms with van der Waals surface area (Å²) in [7, 11) is 0. The quantitative estimate of drug-likeness (QED) is 0.380. The maximum atomic E-state index is 13.2. The molecule has 9 heteroatoms. The van der Waals surface area contributed by atoms with Crippen LogP contribution in [0.4, 0.5) is 10.1 Å². The summed E-state index contributed by atoms with van der Waals surface area (Å²) in [5, 5.41) is 9.88. The molecule has 4 rings (SSSR count). The van der Waals surface area contributed by atoms with Crippen molar-refractivity contribution in [1.82, 2.24) is 15.6 Å². The molecule has 2 aromatic rings. The first-order valence-electron chi connectivity index (χ1n) is 12.5. The van der Waals surface area contributed by atoms with E-state index in [-0.39, 0.29) is 23.9 Å². The summed E-state index contributed by atoms with van der Waals surface area (Å²) < 4.78 is 13.2. The van der Waals surface area contributed by atoms with Gasteiger partial charge in [0.05, 0.1) is 27.3 Å². The molecule has 0 spiro atoms. The van der Waals surface area contributed by atoms with Gasteiger partial charge in [-0.2, -0.15) is 0 Å². The van der Waals surface area contributed by atoms with E-state index in [0.29, 0.717) is 35.1 Å². The van der Waals surface area contributed by atoms with Crippen LogP contribution in [0.25, 0.3) is 0 Å². The van der Waals surface area contributed by atoms with Gasteiger partial charge in [-0.1, -0.05) is 43.7 Å². The molecule has 2 amide bonds. The predicted molar refractivity (Wildman–Crippen MR) is 139 cm³/mol. The van der Waals surface area contributed by atoms with Crippen LogP contribution in [0.1, 0.15) is 84.6 Å². The summed E-state index contributed by atoms with van der Waals surface area (Å²) in [4.78, 5) is 32.0. The number of hydrogen-bond donors (Lipinski definition) is 3. The number of rotatable bonds is 9. The first-order valence-corrected chi connectivity index (χ1v) is 13.7. The number of aromatic nitrogens is 1. The number of pyridine rings is 1. The van der Waals surface area contributed by atoms with Crippen molar-refractivity contribution in [3.8, 4) is 0 Å². The summed E-state index contributed by atoms with van der Waals surface area (Å²) >= 11 is 7.48. The molecule has 2 aliphatic rings. The van der Waals surface area contributed by atoms with E-state index < -0.39 is 12.2 Å². The van der Waals surface area contributed by atoms with E-state index in [9.17, 15) is 14.0 Å². The minimum atomic E-state index is -0.835. The van der Waals surface area contributed by atoms with Gasteiger partial charge in [-0.05, 0) is 57.2 Å². The van der Waals surface area contributed by atoms with Gasteiger partial charge in [0, 0.05) is 17.1 Å². The number of halogens is 2. The van der Waals surface area contributed by atoms with Crippen molar-refractivity contribution in [1.29, 1.82) is 0 Å². The highest BCUT2D eigenvalue weighted by Gasteiger charge is 2.33. The largest absolute Gasteiger partial charge is 0.376 e. The van der Waals surface area contributed by atoms with Gasteiger partial charge in [0.2, 0.25) is 5.91 Å². The molecule has 190 valence electrons. The van der Waals surface area contributed by atoms with E-state index in [1.165, 1.54) is 30.6 Å². The fourth-order valence-corrected chi connectivity index (χ4v) is 5.92. The SMILES string of the molecule is Cc1ncc(Cl)cc1N[C@@H](C)c1ccc(C(=O)N[C@@H](CC2CCCCC2)C(=O)N[C@H]2C[C@H](F)C2)s1. The Bertz CT molecular complexity index is 1040. The molecule has 6 nitrogen and oxygen atoms in total. The van der Waals surface area contributed by atoms with Gasteiger partial charge in [-0.25, -0.2) is 4.39 Å². The number of amides is 2. The van der Waals surface area contributed by atoms with E-state index >= 15 is 0 Å². The monoisotopic (exact) mass is 520 g/mol. The Morgan fingerprint density at radius 3 is 2.69 bits per heavy atom. The summed E-state index contributed by atoms with van der Waals surface area (Å²) in [5.74, 6) is -0.0219. The Hall–Kier alpha value is -2.19. The van der Waals surface area contributed by atoms with Crippen molar-refractivity contribution in [3.63, 3.8) is 0 Å². The molecule has 0 unspecified atom stereocenters. The number of alkyl halides is 1. The first-order chi connectivity index (χ1) is 16.8. The highest BCUT2D eigenvalue weighted by molar-refractivity contribution is 7.14. The number of carbonyl (C=O) groups is 2. The van der Waals surface area contributed by atoms with Crippen molar-refractivity contribution in [2.75, 3.05) is 5.32 Å². The average Bonchev–Trinajstić information content (AvgIpc) is 3.31. The number of carbonyl (C=O) groups excluding carboxylic acids is 2. The molecule has 2 atom stereocenters. The minimum absolute atomic E-state index is 0.0471. The van der Waals surface area contributed by atoms with E-state index in [4.69, 9.17) is 11.6 Å². The smallest absolute Gasteiger partial charge is 0.262 e. The molecule has 0 bridgehead atoms. The summed E-state index contributed by atoms with van der Waals surface area (Å²) in [5.41, 5.74) is 1.69. The van der Waals surface area contributed by atoms with Gasteiger partial charge in [-0.15, -0.1) is 11.3 Å². The highest BCUT2D eigenvalue weighted by Crippen LogP contribution is 2.30. The van der Waals surface area contributed by atoms with Crippen LogP contribution in [-0.4, -0.2) is 35.1 Å². The number of hydrogen-bond acceptors (Lipinski definition) is 5. The Labute approximate surface area is 215 Å². The zero-order chi connectivity index (χ0) is 24.9. The molecule has 2 fully saturated rings. The molecule has 2 aliphatic carbocycles. The van der Waals surface area contributed by atoms with Gasteiger partial charge in [0.1, 0.15) is 12.2 Å². The lowest BCUT2D eigenvalue weighted by Gasteiger charge is -2.33. The molecule has 2 heterocycles. The summed E-state index contributed by atoms with van der Waals surface area (Å²) in [6.07, 6.45) is 7.85. The van der Waals surface area contributed by atoms with Gasteiger partial charge in [-0.3, -0.25) is 14.6 Å². The van der Waals surface area contributed by atoms with E-state index in [1.807, 2.05) is 26.0 Å². The van der Waals surface area contributed by atoms with Crippen LogP contribution in [0.15, 0.2) is 24.4 Å². The van der Waals surface area contributed by atoms with Crippen LogP contribution in [0.2, 0.25) is 5.02 Å². The Morgan fingerprint density at radius 2 is 1.97 bits per heavy atom. The third-order valence-corrected chi connectivity index (χ3v) is 8.52. The molecular weight excluding hydrogens is 487 g/mol. The molecule has 2 aromatic heterocycles. The number of aryl methyl sites for hydroxylation is 1. The molecule has 2 saturated carbocycles. The Kier molecular flexibility index (Phi) is 8.65. The first kappa shape index (κ1) is 25.9. The highest BCUT2D eigenvalue weighted by atomic mass is 35.5. The van der Waals surface area contributed by atoms with Crippen LogP contribution in [0.5, 0.6) is 0 Å². The van der Waals surface area contributed by atoms with Crippen molar-refractivity contribution < 1.29 is 14.0 Å². The topological polar surface area (TPSA) is 83.1 Å². The molecular formula is C26H34ClFN4O2S. The lowest BCUT2D eigenvalue weighted by atomic mass is 9.84. The molecule has 0 saturated heterocycles. The van der Waals surface area contributed by atoms with Gasteiger partial charge < -0.3 is 16.0 Å². The molecule has 3 N–H and O–H groups in total. The second kappa shape index (κ2) is 11.7. The van der Waals surface area contributed by atoms with Gasteiger partial charge in [0.15, 0.2) is 0 Å². The van der Waals surface area contributed by atoms with Crippen molar-refractivity contribution in [2.45, 2.75) is 89.5 Å². The minimum Gasteiger partial charge on any atom is -0.376 e. The fourth-order valence-electron chi connectivity index (χ4n) is 4.85. The number of thiophene rings is 1. The maximum Gasteiger partial charge on any atom is 0.262 e. The summed E-state index contributed by atoms with van der Waals surface area (Å²) in [6.45, 7) is 3.93. The Balaban J connectivity index is 1.40. The maximum absolute atomic E-state index is 13.2. The van der Waals surface area contributed by atoms with Crippen LogP contribution < -0.4 is 16.0 Å². The van der Waals surface area contributed by atoms with E-state index in [0.717, 1.165) is 29.1 Å². The van der Waals surface area contributed by atoms with Crippen molar-refractivity contribution in [2.24, 2.45) is 5.92 Å². The molecule has 0 aromatic carbocycles. The molecule has 0 aliphatic heterocycles. The number of anilines is 1. The van der Waals surface area contributed by atoms with Gasteiger partial charge in [0.25, 0.3) is 5.91 Å². The van der Waals surface area contributed by atoms with E-state index in [1.54, 1.807) is 12.3 Å². The number of nitrogens with zero attached hydrogens (tertiary/aromatic N) is 1. The van der Waals surface area contributed by atoms with Crippen LogP contribution >= 0.6 is 22.9 Å². The van der Waals surface area contributed by atoms with Crippen molar-refractivity contribution >= 4 is 40.4 Å². The van der Waals surface area contributed by atoms with Gasteiger partial charge >= 0.3 is 0 Å². The summed E-state index contributed by atoms with van der Waals surface area (Å²) in [6, 6.07) is 4.78. The van der Waals surface area contributed by atoms with Crippen LogP contribution in [0, 0.1) is 12.8 Å². The second-order valence-corrected chi connectivity index (χ2v) is 11.4. The number of nitrogens with one attached hydrogen (secondary N) is 3. The predicted octanol–water partition coefficient (Wildman–Crippen LogP) is 5.96. The zero-order valence-electron chi connectivity index (χ0n) is 20.3. The second-order valence-electron chi connectivity index (χ2n) is 9.89. The average molecular weight is 521 g/mol. The van der Waals surface area contributed by atoms with E-state index in [2.05, 4.69) is 20.9 Å². The normalized spacial score (nSPS) is 22.1. The third kappa shape index (κ3) is 6.94. The van der Waals surface area contributed by atoms with Crippen molar-refractivity contribution in [3.05, 3.63) is 44.9 Å². The fraction of sp³-hybridized carbons (Fsp3) is 0.577. The van der Waals surface area contributed by atoms with Crippen LogP contribution in [-0.2, 0) is 4.79 Å². The molecule has 35 heavy (non-hydrogen) atoms. The van der Waals surface area contributed by atoms with Crippen LogP contribution in [0.3, 0.4) is 0 Å². The lowest BCUT2D eigenvalue weighted by molar-refractivity contribution is -0.125. The Morgan fingerprint density at radius 1 is 1.23 bits per heavy atom.